The van der Waals surface area contributed by atoms with Crippen LogP contribution in [0.2, 0.25) is 0 Å². The van der Waals surface area contributed by atoms with Crippen LogP contribution in [-0.2, 0) is 20.8 Å². The van der Waals surface area contributed by atoms with Gasteiger partial charge in [0.25, 0.3) is 0 Å². The summed E-state index contributed by atoms with van der Waals surface area (Å²) in [6.07, 6.45) is 0.865. The number of hydrogen-bond donors (Lipinski definition) is 2. The van der Waals surface area contributed by atoms with Gasteiger partial charge in [0, 0.05) is 25.8 Å². The predicted octanol–water partition coefficient (Wildman–Crippen LogP) is 3.77. The average Bonchev–Trinajstić information content (AvgIpc) is 3.09. The molecule has 1 aliphatic heterocycles. The molecule has 0 spiro atoms. The number of nitrogens with one attached hydrogen (secondary N) is 1. The highest BCUT2D eigenvalue weighted by atomic mass is 16.3. The smallest absolute Gasteiger partial charge is 0.243 e. The van der Waals surface area contributed by atoms with Crippen LogP contribution in [0.5, 0.6) is 5.75 Å². The Morgan fingerprint density at radius 1 is 1.06 bits per heavy atom. The van der Waals surface area contributed by atoms with Crippen molar-refractivity contribution in [3.63, 3.8) is 0 Å². The number of rotatable bonds is 7. The quantitative estimate of drug-likeness (QED) is 0.543. The highest BCUT2D eigenvalue weighted by molar-refractivity contribution is 6.07. The van der Waals surface area contributed by atoms with Crippen molar-refractivity contribution in [3.8, 4) is 5.75 Å². The van der Waals surface area contributed by atoms with E-state index in [0.29, 0.717) is 6.42 Å². The molecule has 1 unspecified atom stereocenters. The van der Waals surface area contributed by atoms with E-state index in [0.717, 1.165) is 21.9 Å². The number of likely N-dealkylation sites (tertiary alicyclic amines) is 1. The number of benzene rings is 3. The van der Waals surface area contributed by atoms with Gasteiger partial charge in [-0.2, -0.15) is 0 Å². The topological polar surface area (TPSA) is 86.7 Å². The normalized spacial score (nSPS) is 17.9. The Morgan fingerprint density at radius 3 is 2.48 bits per heavy atom. The van der Waals surface area contributed by atoms with E-state index in [1.54, 1.807) is 12.1 Å². The second-order valence-corrected chi connectivity index (χ2v) is 8.70. The lowest BCUT2D eigenvalue weighted by Crippen LogP contribution is -2.50. The number of amides is 3. The molecule has 3 atom stereocenters. The van der Waals surface area contributed by atoms with Gasteiger partial charge in [0.05, 0.1) is 0 Å². The van der Waals surface area contributed by atoms with Crippen LogP contribution in [0.1, 0.15) is 36.8 Å². The highest BCUT2D eigenvalue weighted by Crippen LogP contribution is 2.33. The molecule has 33 heavy (non-hydrogen) atoms. The molecule has 0 aromatic heterocycles. The number of phenols is 1. The molecular weight excluding hydrogens is 416 g/mol. The van der Waals surface area contributed by atoms with Crippen molar-refractivity contribution >= 4 is 28.5 Å². The summed E-state index contributed by atoms with van der Waals surface area (Å²) in [5.74, 6) is -1.20. The lowest BCUT2D eigenvalue weighted by atomic mass is 9.89. The summed E-state index contributed by atoms with van der Waals surface area (Å²) >= 11 is 0. The fourth-order valence-electron chi connectivity index (χ4n) is 4.74. The van der Waals surface area contributed by atoms with Gasteiger partial charge >= 0.3 is 0 Å². The molecule has 0 aliphatic carbocycles. The van der Waals surface area contributed by atoms with E-state index >= 15 is 0 Å². The molecule has 6 nitrogen and oxygen atoms in total. The minimum atomic E-state index is -0.894. The summed E-state index contributed by atoms with van der Waals surface area (Å²) in [6.45, 7) is 2.00. The first kappa shape index (κ1) is 22.5. The van der Waals surface area contributed by atoms with Crippen LogP contribution in [0.4, 0.5) is 0 Å². The Bertz CT molecular complexity index is 1180. The van der Waals surface area contributed by atoms with Gasteiger partial charge in [-0.3, -0.25) is 19.3 Å². The van der Waals surface area contributed by atoms with Crippen molar-refractivity contribution in [2.45, 2.75) is 38.1 Å². The fourth-order valence-corrected chi connectivity index (χ4v) is 4.74. The van der Waals surface area contributed by atoms with Crippen LogP contribution >= 0.6 is 0 Å². The number of fused-ring (bicyclic) bond motifs is 1. The van der Waals surface area contributed by atoms with Crippen LogP contribution in [0, 0.1) is 5.92 Å². The molecule has 1 saturated heterocycles. The van der Waals surface area contributed by atoms with Crippen LogP contribution < -0.4 is 5.32 Å². The molecule has 170 valence electrons. The van der Waals surface area contributed by atoms with E-state index in [4.69, 9.17) is 0 Å². The number of phenolic OH excluding ortho intramolecular Hbond substituents is 1. The molecule has 3 aromatic carbocycles. The Balaban J connectivity index is 1.57. The van der Waals surface area contributed by atoms with Crippen molar-refractivity contribution in [2.75, 3.05) is 7.05 Å². The van der Waals surface area contributed by atoms with Crippen molar-refractivity contribution in [2.24, 2.45) is 5.92 Å². The van der Waals surface area contributed by atoms with Crippen LogP contribution in [-0.4, -0.2) is 40.8 Å². The lowest BCUT2D eigenvalue weighted by molar-refractivity contribution is -0.147. The van der Waals surface area contributed by atoms with Crippen LogP contribution in [0.25, 0.3) is 10.8 Å². The van der Waals surface area contributed by atoms with Crippen molar-refractivity contribution < 1.29 is 19.5 Å². The largest absolute Gasteiger partial charge is 0.508 e. The van der Waals surface area contributed by atoms with Gasteiger partial charge in [-0.05, 0) is 46.4 Å². The third-order valence-electron chi connectivity index (χ3n) is 6.53. The zero-order valence-electron chi connectivity index (χ0n) is 18.8. The third-order valence-corrected chi connectivity index (χ3v) is 6.53. The Kier molecular flexibility index (Phi) is 6.45. The van der Waals surface area contributed by atoms with E-state index in [2.05, 4.69) is 5.32 Å². The molecular formula is C27H28N2O4. The molecule has 0 radical (unpaired) electrons. The molecule has 1 heterocycles. The molecule has 3 amide bonds. The number of imide groups is 1. The molecule has 1 aliphatic rings. The summed E-state index contributed by atoms with van der Waals surface area (Å²) in [5.41, 5.74) is 1.91. The standard InChI is InChI=1S/C27H28N2O4/c1-17(18-10-12-22(30)13-11-18)14-21-16-25(31)29(27(21)33)24(26(32)28-2)15-20-8-5-7-19-6-3-4-9-23(19)20/h3-13,17,21,24,30H,14-16H2,1-2H3,(H,28,32)/t17?,21-,24+/m1/s1. The number of aromatic hydroxyl groups is 1. The van der Waals surface area contributed by atoms with E-state index in [-0.39, 0.29) is 42.2 Å². The van der Waals surface area contributed by atoms with Gasteiger partial charge in [-0.15, -0.1) is 0 Å². The minimum Gasteiger partial charge on any atom is -0.508 e. The van der Waals surface area contributed by atoms with E-state index in [1.807, 2.05) is 61.5 Å². The third kappa shape index (κ3) is 4.60. The first-order valence-electron chi connectivity index (χ1n) is 11.2. The SMILES string of the molecule is CNC(=O)[C@H](Cc1cccc2ccccc12)N1C(=O)C[C@@H](CC(C)c2ccc(O)cc2)C1=O. The van der Waals surface area contributed by atoms with Crippen LogP contribution in [0.3, 0.4) is 0 Å². The van der Waals surface area contributed by atoms with Gasteiger partial charge in [-0.25, -0.2) is 0 Å². The molecule has 0 saturated carbocycles. The van der Waals surface area contributed by atoms with Crippen molar-refractivity contribution in [1.82, 2.24) is 10.2 Å². The zero-order chi connectivity index (χ0) is 23.5. The second kappa shape index (κ2) is 9.45. The summed E-state index contributed by atoms with van der Waals surface area (Å²) in [7, 11) is 1.52. The van der Waals surface area contributed by atoms with Crippen molar-refractivity contribution in [3.05, 3.63) is 77.9 Å². The maximum Gasteiger partial charge on any atom is 0.243 e. The monoisotopic (exact) mass is 444 g/mol. The molecule has 2 N–H and O–H groups in total. The van der Waals surface area contributed by atoms with E-state index < -0.39 is 12.0 Å². The van der Waals surface area contributed by atoms with Gasteiger partial charge in [-0.1, -0.05) is 61.5 Å². The Morgan fingerprint density at radius 2 is 1.76 bits per heavy atom. The summed E-state index contributed by atoms with van der Waals surface area (Å²) in [6, 6.07) is 19.7. The first-order chi connectivity index (χ1) is 15.9. The Hall–Kier alpha value is -3.67. The van der Waals surface area contributed by atoms with Gasteiger partial charge in [0.1, 0.15) is 11.8 Å². The minimum absolute atomic E-state index is 0.0313. The first-order valence-corrected chi connectivity index (χ1v) is 11.2. The average molecular weight is 445 g/mol. The predicted molar refractivity (Wildman–Crippen MR) is 127 cm³/mol. The number of nitrogens with zero attached hydrogens (tertiary/aromatic N) is 1. The van der Waals surface area contributed by atoms with Gasteiger partial charge in [0.15, 0.2) is 0 Å². The molecule has 3 aromatic rings. The number of likely N-dealkylation sites (N-methyl/N-ethyl adjacent to an activating group) is 1. The van der Waals surface area contributed by atoms with E-state index in [1.165, 1.54) is 11.9 Å². The number of hydrogen-bond acceptors (Lipinski definition) is 4. The van der Waals surface area contributed by atoms with Crippen molar-refractivity contribution in [1.29, 1.82) is 0 Å². The number of carbonyl (C=O) groups is 3. The highest BCUT2D eigenvalue weighted by Gasteiger charge is 2.45. The summed E-state index contributed by atoms with van der Waals surface area (Å²) in [5, 5.41) is 14.2. The lowest BCUT2D eigenvalue weighted by Gasteiger charge is -2.26. The Labute approximate surface area is 193 Å². The van der Waals surface area contributed by atoms with Crippen LogP contribution in [0.15, 0.2) is 66.7 Å². The van der Waals surface area contributed by atoms with Gasteiger partial charge in [0.2, 0.25) is 17.7 Å². The molecule has 4 rings (SSSR count). The van der Waals surface area contributed by atoms with E-state index in [9.17, 15) is 19.5 Å². The molecule has 6 heteroatoms. The second-order valence-electron chi connectivity index (χ2n) is 8.70. The molecule has 1 fully saturated rings. The zero-order valence-corrected chi connectivity index (χ0v) is 18.8. The molecule has 0 bridgehead atoms. The number of carbonyl (C=O) groups excluding carboxylic acids is 3. The van der Waals surface area contributed by atoms with Gasteiger partial charge < -0.3 is 10.4 Å². The maximum absolute atomic E-state index is 13.3. The summed E-state index contributed by atoms with van der Waals surface area (Å²) < 4.78 is 0. The maximum atomic E-state index is 13.3. The fraction of sp³-hybridized carbons (Fsp3) is 0.296. The summed E-state index contributed by atoms with van der Waals surface area (Å²) in [4.78, 5) is 40.3.